The Morgan fingerprint density at radius 2 is 1.62 bits per heavy atom. The van der Waals surface area contributed by atoms with Crippen molar-refractivity contribution in [1.82, 2.24) is 4.90 Å². The zero-order valence-corrected chi connectivity index (χ0v) is 22.3. The van der Waals surface area contributed by atoms with Gasteiger partial charge in [0.05, 0.1) is 5.56 Å². The van der Waals surface area contributed by atoms with E-state index in [9.17, 15) is 22.8 Å². The van der Waals surface area contributed by atoms with E-state index in [0.717, 1.165) is 53.6 Å². The van der Waals surface area contributed by atoms with Gasteiger partial charge in [0.25, 0.3) is 0 Å². The Kier molecular flexibility index (Phi) is 10.5. The molecule has 1 N–H and O–H groups in total. The Labute approximate surface area is 227 Å². The van der Waals surface area contributed by atoms with Crippen molar-refractivity contribution in [2.45, 2.75) is 64.8 Å². The highest BCUT2D eigenvalue weighted by Crippen LogP contribution is 2.34. The molecule has 39 heavy (non-hydrogen) atoms. The number of unbranched alkanes of at least 4 members (excludes halogenated alkanes) is 2. The van der Waals surface area contributed by atoms with Crippen LogP contribution < -0.4 is 4.74 Å². The van der Waals surface area contributed by atoms with Crippen LogP contribution in [0.15, 0.2) is 66.7 Å². The number of rotatable bonds is 13. The number of alkyl halides is 3. The van der Waals surface area contributed by atoms with Crippen molar-refractivity contribution in [2.75, 3.05) is 7.05 Å². The van der Waals surface area contributed by atoms with Crippen molar-refractivity contribution < 1.29 is 32.6 Å². The van der Waals surface area contributed by atoms with Crippen molar-refractivity contribution in [3.8, 4) is 16.9 Å². The average molecular weight is 542 g/mol. The number of ether oxygens (including phenoxy) is 1. The molecule has 3 rings (SSSR count). The third kappa shape index (κ3) is 9.16. The third-order valence-electron chi connectivity index (χ3n) is 6.43. The summed E-state index contributed by atoms with van der Waals surface area (Å²) < 4.78 is 44.8. The molecule has 208 valence electrons. The number of carboxylic acid groups (broad SMARTS) is 1. The van der Waals surface area contributed by atoms with Crippen LogP contribution >= 0.6 is 0 Å². The van der Waals surface area contributed by atoms with Crippen LogP contribution in [-0.4, -0.2) is 28.9 Å². The Hall–Kier alpha value is -3.81. The van der Waals surface area contributed by atoms with Gasteiger partial charge < -0.3 is 14.7 Å². The molecule has 0 fully saturated rings. The standard InChI is InChI=1S/C31H34F3NO4/c1-3-4-5-9-29(36)35(2)20-24-7-6-8-25(18-24)27-16-12-22(13-17-30(37)38)19-28(27)39-21-23-10-14-26(15-11-23)31(32,33)34/h6-8,10-12,14-16,18-19H,3-5,9,13,17,20-21H2,1-2H3,(H,37,38). The number of halogens is 3. The van der Waals surface area contributed by atoms with Crippen LogP contribution in [0.4, 0.5) is 13.2 Å². The number of aryl methyl sites for hydroxylation is 1. The van der Waals surface area contributed by atoms with Crippen LogP contribution in [0.3, 0.4) is 0 Å². The van der Waals surface area contributed by atoms with Crippen LogP contribution in [0.1, 0.15) is 61.3 Å². The maximum absolute atomic E-state index is 12.9. The zero-order valence-electron chi connectivity index (χ0n) is 22.3. The maximum atomic E-state index is 12.9. The van der Waals surface area contributed by atoms with Crippen molar-refractivity contribution in [1.29, 1.82) is 0 Å². The van der Waals surface area contributed by atoms with Crippen LogP contribution in [-0.2, 0) is 35.3 Å². The summed E-state index contributed by atoms with van der Waals surface area (Å²) >= 11 is 0. The van der Waals surface area contributed by atoms with Gasteiger partial charge in [-0.15, -0.1) is 0 Å². The van der Waals surface area contributed by atoms with Crippen LogP contribution in [0, 0.1) is 0 Å². The number of hydrogen-bond donors (Lipinski definition) is 1. The number of hydrogen-bond acceptors (Lipinski definition) is 3. The SMILES string of the molecule is CCCCCC(=O)N(C)Cc1cccc(-c2ccc(CCC(=O)O)cc2OCc2ccc(C(F)(F)F)cc2)c1. The highest BCUT2D eigenvalue weighted by Gasteiger charge is 2.29. The first kappa shape index (κ1) is 29.7. The monoisotopic (exact) mass is 541 g/mol. The number of amides is 1. The van der Waals surface area contributed by atoms with Gasteiger partial charge in [0.15, 0.2) is 0 Å². The van der Waals surface area contributed by atoms with E-state index < -0.39 is 17.7 Å². The molecule has 1 amide bonds. The summed E-state index contributed by atoms with van der Waals surface area (Å²) in [6.45, 7) is 2.60. The number of carbonyl (C=O) groups is 2. The fraction of sp³-hybridized carbons (Fsp3) is 0.355. The van der Waals surface area contributed by atoms with Gasteiger partial charge in [-0.05, 0) is 59.4 Å². The van der Waals surface area contributed by atoms with Gasteiger partial charge in [-0.3, -0.25) is 9.59 Å². The van der Waals surface area contributed by atoms with E-state index in [1.54, 1.807) is 18.0 Å². The Morgan fingerprint density at radius 1 is 0.897 bits per heavy atom. The third-order valence-corrected chi connectivity index (χ3v) is 6.43. The largest absolute Gasteiger partial charge is 0.488 e. The molecule has 3 aromatic carbocycles. The van der Waals surface area contributed by atoms with Crippen LogP contribution in [0.2, 0.25) is 0 Å². The molecule has 0 saturated carbocycles. The van der Waals surface area contributed by atoms with Gasteiger partial charge in [-0.25, -0.2) is 0 Å². The fourth-order valence-corrected chi connectivity index (χ4v) is 4.20. The van der Waals surface area contributed by atoms with E-state index in [0.29, 0.717) is 30.7 Å². The van der Waals surface area contributed by atoms with Crippen LogP contribution in [0.5, 0.6) is 5.75 Å². The lowest BCUT2D eigenvalue weighted by Crippen LogP contribution is -2.25. The molecule has 5 nitrogen and oxygen atoms in total. The summed E-state index contributed by atoms with van der Waals surface area (Å²) in [6, 6.07) is 18.0. The molecular formula is C31H34F3NO4. The second-order valence-electron chi connectivity index (χ2n) is 9.61. The zero-order chi connectivity index (χ0) is 28.4. The molecule has 0 heterocycles. The summed E-state index contributed by atoms with van der Waals surface area (Å²) in [5, 5.41) is 9.07. The predicted octanol–water partition coefficient (Wildman–Crippen LogP) is 7.51. The molecule has 0 bridgehead atoms. The number of aliphatic carboxylic acids is 1. The number of nitrogens with zero attached hydrogens (tertiary/aromatic N) is 1. The summed E-state index contributed by atoms with van der Waals surface area (Å²) in [5.74, 6) is -0.316. The molecule has 3 aromatic rings. The molecule has 0 aliphatic rings. The van der Waals surface area contributed by atoms with E-state index in [-0.39, 0.29) is 18.9 Å². The van der Waals surface area contributed by atoms with Crippen molar-refractivity contribution in [3.05, 3.63) is 89.0 Å². The van der Waals surface area contributed by atoms with Crippen molar-refractivity contribution in [2.24, 2.45) is 0 Å². The molecular weight excluding hydrogens is 507 g/mol. The molecule has 0 radical (unpaired) electrons. The Balaban J connectivity index is 1.82. The van der Waals surface area contributed by atoms with Crippen molar-refractivity contribution in [3.63, 3.8) is 0 Å². The second-order valence-corrected chi connectivity index (χ2v) is 9.61. The highest BCUT2D eigenvalue weighted by molar-refractivity contribution is 5.76. The second kappa shape index (κ2) is 13.8. The predicted molar refractivity (Wildman–Crippen MR) is 144 cm³/mol. The minimum Gasteiger partial charge on any atom is -0.488 e. The smallest absolute Gasteiger partial charge is 0.416 e. The number of benzene rings is 3. The van der Waals surface area contributed by atoms with Gasteiger partial charge in [0, 0.05) is 32.0 Å². The minimum absolute atomic E-state index is 0.0359. The van der Waals surface area contributed by atoms with Gasteiger partial charge in [-0.2, -0.15) is 13.2 Å². The molecule has 0 saturated heterocycles. The summed E-state index contributed by atoms with van der Waals surface area (Å²) in [4.78, 5) is 25.3. The first-order chi connectivity index (χ1) is 18.6. The van der Waals surface area contributed by atoms with E-state index in [1.807, 2.05) is 36.4 Å². The maximum Gasteiger partial charge on any atom is 0.416 e. The lowest BCUT2D eigenvalue weighted by atomic mass is 9.99. The van der Waals surface area contributed by atoms with Crippen molar-refractivity contribution >= 4 is 11.9 Å². The average Bonchev–Trinajstić information content (AvgIpc) is 2.90. The Morgan fingerprint density at radius 3 is 2.28 bits per heavy atom. The molecule has 0 aliphatic heterocycles. The van der Waals surface area contributed by atoms with Gasteiger partial charge >= 0.3 is 12.1 Å². The normalized spacial score (nSPS) is 11.3. The lowest BCUT2D eigenvalue weighted by molar-refractivity contribution is -0.138. The first-order valence-corrected chi connectivity index (χ1v) is 13.0. The topological polar surface area (TPSA) is 66.8 Å². The van der Waals surface area contributed by atoms with Crippen LogP contribution in [0.25, 0.3) is 11.1 Å². The molecule has 0 aliphatic carbocycles. The summed E-state index contributed by atoms with van der Waals surface area (Å²) in [7, 11) is 1.79. The molecule has 0 spiro atoms. The highest BCUT2D eigenvalue weighted by atomic mass is 19.4. The van der Waals surface area contributed by atoms with E-state index in [1.165, 1.54) is 12.1 Å². The first-order valence-electron chi connectivity index (χ1n) is 13.0. The summed E-state index contributed by atoms with van der Waals surface area (Å²) in [6.07, 6.45) is -0.672. The molecule has 0 aromatic heterocycles. The summed E-state index contributed by atoms with van der Waals surface area (Å²) in [5.41, 5.74) is 3.18. The fourth-order valence-electron chi connectivity index (χ4n) is 4.20. The van der Waals surface area contributed by atoms with E-state index >= 15 is 0 Å². The Bertz CT molecular complexity index is 1260. The minimum atomic E-state index is -4.41. The van der Waals surface area contributed by atoms with E-state index in [2.05, 4.69) is 6.92 Å². The molecule has 8 heteroatoms. The quantitative estimate of drug-likeness (QED) is 0.228. The lowest BCUT2D eigenvalue weighted by Gasteiger charge is -2.18. The number of carboxylic acids is 1. The number of carbonyl (C=O) groups excluding carboxylic acids is 1. The molecule has 0 atom stereocenters. The van der Waals surface area contributed by atoms with Gasteiger partial charge in [0.1, 0.15) is 12.4 Å². The van der Waals surface area contributed by atoms with Gasteiger partial charge in [0.2, 0.25) is 5.91 Å². The molecule has 0 unspecified atom stereocenters. The van der Waals surface area contributed by atoms with Gasteiger partial charge in [-0.1, -0.05) is 62.2 Å². The van der Waals surface area contributed by atoms with E-state index in [4.69, 9.17) is 9.84 Å².